The lowest BCUT2D eigenvalue weighted by Gasteiger charge is -2.34. The second kappa shape index (κ2) is 10.1. The number of rotatable bonds is 7. The van der Waals surface area contributed by atoms with Crippen molar-refractivity contribution < 1.29 is 23.7 Å². The molecule has 1 amide bonds. The number of benzene rings is 1. The molecule has 0 aliphatic carbocycles. The van der Waals surface area contributed by atoms with Crippen molar-refractivity contribution in [1.82, 2.24) is 10.2 Å². The third-order valence-corrected chi connectivity index (χ3v) is 5.30. The van der Waals surface area contributed by atoms with Gasteiger partial charge < -0.3 is 29.2 Å². The van der Waals surface area contributed by atoms with E-state index < -0.39 is 0 Å². The minimum absolute atomic E-state index is 0.0992. The molecule has 2 heterocycles. The van der Waals surface area contributed by atoms with Crippen molar-refractivity contribution in [3.8, 4) is 11.5 Å². The Balaban J connectivity index is 1.59. The van der Waals surface area contributed by atoms with Crippen LogP contribution >= 0.6 is 0 Å². The summed E-state index contributed by atoms with van der Waals surface area (Å²) in [5, 5.41) is 2.91. The molecule has 28 heavy (non-hydrogen) atoms. The van der Waals surface area contributed by atoms with Crippen LogP contribution in [0.5, 0.6) is 11.5 Å². The van der Waals surface area contributed by atoms with Crippen molar-refractivity contribution in [1.29, 1.82) is 0 Å². The van der Waals surface area contributed by atoms with Gasteiger partial charge in [0, 0.05) is 31.2 Å². The number of hydrogen-bond acceptors (Lipinski definition) is 6. The highest BCUT2D eigenvalue weighted by molar-refractivity contribution is 5.94. The van der Waals surface area contributed by atoms with E-state index in [0.717, 1.165) is 25.9 Å². The zero-order chi connectivity index (χ0) is 19.9. The van der Waals surface area contributed by atoms with Gasteiger partial charge in [0.05, 0.1) is 33.0 Å². The predicted molar refractivity (Wildman–Crippen MR) is 106 cm³/mol. The van der Waals surface area contributed by atoms with Crippen LogP contribution in [0.1, 0.15) is 37.0 Å². The maximum Gasteiger partial charge on any atom is 0.251 e. The molecule has 3 rings (SSSR count). The van der Waals surface area contributed by atoms with Gasteiger partial charge in [0.25, 0.3) is 5.91 Å². The number of methoxy groups -OCH3 is 1. The Hall–Kier alpha value is -1.83. The molecule has 0 bridgehead atoms. The van der Waals surface area contributed by atoms with Crippen LogP contribution in [-0.4, -0.2) is 75.6 Å². The molecular formula is C21H32N2O5. The predicted octanol–water partition coefficient (Wildman–Crippen LogP) is 2.09. The first-order valence-electron chi connectivity index (χ1n) is 10.1. The first-order chi connectivity index (χ1) is 13.6. The van der Waals surface area contributed by atoms with E-state index in [9.17, 15) is 4.79 Å². The largest absolute Gasteiger partial charge is 0.493 e. The summed E-state index contributed by atoms with van der Waals surface area (Å²) in [4.78, 5) is 15.0. The summed E-state index contributed by atoms with van der Waals surface area (Å²) >= 11 is 0. The highest BCUT2D eigenvalue weighted by Crippen LogP contribution is 2.31. The SMILES string of the molecule is COc1ccc(C(=O)NCC2COCCO2)cc1OC1CCN(C(C)C)CC1. The number of ether oxygens (including phenoxy) is 4. The van der Waals surface area contributed by atoms with E-state index in [-0.39, 0.29) is 18.1 Å². The number of hydrogen-bond donors (Lipinski definition) is 1. The van der Waals surface area contributed by atoms with Crippen LogP contribution in [0.15, 0.2) is 18.2 Å². The smallest absolute Gasteiger partial charge is 0.251 e. The molecule has 1 aromatic rings. The lowest BCUT2D eigenvalue weighted by atomic mass is 10.1. The summed E-state index contributed by atoms with van der Waals surface area (Å²) in [7, 11) is 1.61. The van der Waals surface area contributed by atoms with Crippen molar-refractivity contribution in [2.45, 2.75) is 44.9 Å². The normalized spacial score (nSPS) is 21.5. The van der Waals surface area contributed by atoms with Gasteiger partial charge in [0.1, 0.15) is 6.10 Å². The first-order valence-corrected chi connectivity index (χ1v) is 10.1. The zero-order valence-corrected chi connectivity index (χ0v) is 17.1. The van der Waals surface area contributed by atoms with E-state index in [2.05, 4.69) is 24.1 Å². The number of nitrogens with zero attached hydrogens (tertiary/aromatic N) is 1. The number of nitrogens with one attached hydrogen (secondary N) is 1. The Morgan fingerprint density at radius 3 is 2.68 bits per heavy atom. The van der Waals surface area contributed by atoms with Gasteiger partial charge >= 0.3 is 0 Å². The second-order valence-electron chi connectivity index (χ2n) is 7.59. The summed E-state index contributed by atoms with van der Waals surface area (Å²) in [6.45, 7) is 8.59. The van der Waals surface area contributed by atoms with Crippen LogP contribution < -0.4 is 14.8 Å². The van der Waals surface area contributed by atoms with Gasteiger partial charge in [-0.05, 0) is 44.9 Å². The third-order valence-electron chi connectivity index (χ3n) is 5.30. The molecule has 2 aliphatic rings. The summed E-state index contributed by atoms with van der Waals surface area (Å²) in [5.74, 6) is 1.11. The van der Waals surface area contributed by atoms with Crippen molar-refractivity contribution in [3.05, 3.63) is 23.8 Å². The molecule has 0 saturated carbocycles. The monoisotopic (exact) mass is 392 g/mol. The number of likely N-dealkylation sites (tertiary alicyclic amines) is 1. The van der Waals surface area contributed by atoms with Gasteiger partial charge in [0.15, 0.2) is 11.5 Å². The van der Waals surface area contributed by atoms with Gasteiger partial charge in [-0.15, -0.1) is 0 Å². The number of carbonyl (C=O) groups is 1. The fourth-order valence-corrected chi connectivity index (χ4v) is 3.56. The molecule has 7 heteroatoms. The van der Waals surface area contributed by atoms with E-state index in [1.165, 1.54) is 0 Å². The highest BCUT2D eigenvalue weighted by atomic mass is 16.6. The van der Waals surface area contributed by atoms with Gasteiger partial charge in [-0.1, -0.05) is 0 Å². The fourth-order valence-electron chi connectivity index (χ4n) is 3.56. The Kier molecular flexibility index (Phi) is 7.53. The molecule has 0 spiro atoms. The van der Waals surface area contributed by atoms with Gasteiger partial charge in [-0.3, -0.25) is 4.79 Å². The molecule has 1 unspecified atom stereocenters. The number of piperidine rings is 1. The lowest BCUT2D eigenvalue weighted by Crippen LogP contribution is -2.41. The van der Waals surface area contributed by atoms with Crippen molar-refractivity contribution in [3.63, 3.8) is 0 Å². The van der Waals surface area contributed by atoms with Gasteiger partial charge in [0.2, 0.25) is 0 Å². The van der Waals surface area contributed by atoms with Crippen LogP contribution in [0.2, 0.25) is 0 Å². The number of amides is 1. The van der Waals surface area contributed by atoms with Crippen LogP contribution in [-0.2, 0) is 9.47 Å². The molecule has 2 aliphatic heterocycles. The van der Waals surface area contributed by atoms with Crippen LogP contribution in [0.3, 0.4) is 0 Å². The molecule has 0 aromatic heterocycles. The Morgan fingerprint density at radius 2 is 2.04 bits per heavy atom. The van der Waals surface area contributed by atoms with Crippen LogP contribution in [0.4, 0.5) is 0 Å². The fraction of sp³-hybridized carbons (Fsp3) is 0.667. The molecule has 156 valence electrons. The summed E-state index contributed by atoms with van der Waals surface area (Å²) in [5.41, 5.74) is 0.548. The lowest BCUT2D eigenvalue weighted by molar-refractivity contribution is -0.0855. The quantitative estimate of drug-likeness (QED) is 0.766. The standard InChI is InChI=1S/C21H32N2O5/c1-15(2)23-8-6-17(7-9-23)28-20-12-16(4-5-19(20)25-3)21(24)22-13-18-14-26-10-11-27-18/h4-5,12,15,17-18H,6-11,13-14H2,1-3H3,(H,22,24). The molecule has 1 aromatic carbocycles. The Labute approximate surface area is 167 Å². The Bertz CT molecular complexity index is 638. The molecule has 2 fully saturated rings. The average molecular weight is 392 g/mol. The van der Waals surface area contributed by atoms with Crippen LogP contribution in [0, 0.1) is 0 Å². The van der Waals surface area contributed by atoms with E-state index in [0.29, 0.717) is 49.5 Å². The summed E-state index contributed by atoms with van der Waals surface area (Å²) in [6.07, 6.45) is 1.97. The minimum atomic E-state index is -0.156. The molecule has 1 N–H and O–H groups in total. The van der Waals surface area contributed by atoms with Crippen molar-refractivity contribution in [2.75, 3.05) is 46.6 Å². The zero-order valence-electron chi connectivity index (χ0n) is 17.1. The second-order valence-corrected chi connectivity index (χ2v) is 7.59. The maximum atomic E-state index is 12.5. The van der Waals surface area contributed by atoms with E-state index in [1.54, 1.807) is 25.3 Å². The van der Waals surface area contributed by atoms with Gasteiger partial charge in [-0.2, -0.15) is 0 Å². The van der Waals surface area contributed by atoms with Crippen LogP contribution in [0.25, 0.3) is 0 Å². The maximum absolute atomic E-state index is 12.5. The van der Waals surface area contributed by atoms with E-state index in [1.807, 2.05) is 0 Å². The summed E-state index contributed by atoms with van der Waals surface area (Å²) < 4.78 is 22.6. The minimum Gasteiger partial charge on any atom is -0.493 e. The van der Waals surface area contributed by atoms with E-state index >= 15 is 0 Å². The highest BCUT2D eigenvalue weighted by Gasteiger charge is 2.23. The average Bonchev–Trinajstić information content (AvgIpc) is 2.73. The van der Waals surface area contributed by atoms with Crippen molar-refractivity contribution in [2.24, 2.45) is 0 Å². The van der Waals surface area contributed by atoms with Crippen molar-refractivity contribution >= 4 is 5.91 Å². The number of carbonyl (C=O) groups excluding carboxylic acids is 1. The molecule has 7 nitrogen and oxygen atoms in total. The topological polar surface area (TPSA) is 69.3 Å². The first kappa shape index (κ1) is 20.9. The van der Waals surface area contributed by atoms with E-state index in [4.69, 9.17) is 18.9 Å². The molecular weight excluding hydrogens is 360 g/mol. The summed E-state index contributed by atoms with van der Waals surface area (Å²) in [6, 6.07) is 5.86. The van der Waals surface area contributed by atoms with Gasteiger partial charge in [-0.25, -0.2) is 0 Å². The Morgan fingerprint density at radius 1 is 1.25 bits per heavy atom. The molecule has 0 radical (unpaired) electrons. The molecule has 1 atom stereocenters. The molecule has 2 saturated heterocycles. The third kappa shape index (κ3) is 5.59.